The van der Waals surface area contributed by atoms with E-state index >= 15 is 0 Å². The fourth-order valence-corrected chi connectivity index (χ4v) is 3.96. The predicted octanol–water partition coefficient (Wildman–Crippen LogP) is 4.10. The van der Waals surface area contributed by atoms with Gasteiger partial charge in [0.05, 0.1) is 12.0 Å². The van der Waals surface area contributed by atoms with E-state index in [9.17, 15) is 4.79 Å². The van der Waals surface area contributed by atoms with Crippen LogP contribution in [0.5, 0.6) is 5.75 Å². The molecule has 1 spiro atoms. The van der Waals surface area contributed by atoms with Crippen molar-refractivity contribution in [3.8, 4) is 5.75 Å². The summed E-state index contributed by atoms with van der Waals surface area (Å²) in [5.41, 5.74) is 0.976. The number of hydrogen-bond donors (Lipinski definition) is 0. The molecule has 25 heavy (non-hydrogen) atoms. The molecule has 2 aliphatic rings. The number of fused-ring (bicyclic) bond motifs is 1. The molecule has 0 radical (unpaired) electrons. The number of aromatic nitrogens is 2. The van der Waals surface area contributed by atoms with Gasteiger partial charge in [0.2, 0.25) is 5.28 Å². The molecule has 1 saturated heterocycles. The summed E-state index contributed by atoms with van der Waals surface area (Å²) in [5, 5.41) is 0.808. The highest BCUT2D eigenvalue weighted by Gasteiger charge is 2.43. The summed E-state index contributed by atoms with van der Waals surface area (Å²) in [6.07, 6.45) is 1.89. The topological polar surface area (TPSA) is 55.3 Å². The maximum atomic E-state index is 12.6. The molecule has 1 aromatic carbocycles. The van der Waals surface area contributed by atoms with Gasteiger partial charge in [-0.2, -0.15) is 0 Å². The number of Topliss-reactive ketones (excluding diaryl/α,β-unsaturated/α-hetero) is 1. The van der Waals surface area contributed by atoms with Crippen molar-refractivity contribution in [3.63, 3.8) is 0 Å². The Hall–Kier alpha value is -1.85. The Balaban J connectivity index is 1.53. The summed E-state index contributed by atoms with van der Waals surface area (Å²) >= 11 is 12.0. The molecule has 0 saturated carbocycles. The Labute approximate surface area is 155 Å². The van der Waals surface area contributed by atoms with Gasteiger partial charge in [0.15, 0.2) is 5.78 Å². The Morgan fingerprint density at radius 2 is 1.92 bits per heavy atom. The molecule has 2 aromatic rings. The van der Waals surface area contributed by atoms with Gasteiger partial charge in [-0.3, -0.25) is 4.79 Å². The van der Waals surface area contributed by atoms with Crippen molar-refractivity contribution in [2.45, 2.75) is 31.8 Å². The van der Waals surface area contributed by atoms with Crippen LogP contribution in [0, 0.1) is 6.92 Å². The minimum Gasteiger partial charge on any atom is -0.486 e. The quantitative estimate of drug-likeness (QED) is 0.700. The van der Waals surface area contributed by atoms with Crippen molar-refractivity contribution < 1.29 is 9.53 Å². The SMILES string of the molecule is Cc1cc(N2CCC3(CC2)CC(=O)c2cc(Cl)ccc2O3)nc(Cl)n1. The average Bonchev–Trinajstić information content (AvgIpc) is 2.55. The molecule has 0 aliphatic carbocycles. The summed E-state index contributed by atoms with van der Waals surface area (Å²) in [6.45, 7) is 3.40. The Morgan fingerprint density at radius 3 is 2.64 bits per heavy atom. The molecule has 2 aliphatic heterocycles. The number of benzene rings is 1. The first-order chi connectivity index (χ1) is 11.9. The number of aryl methyl sites for hydroxylation is 1. The van der Waals surface area contributed by atoms with Crippen LogP contribution in [0.2, 0.25) is 10.3 Å². The van der Waals surface area contributed by atoms with E-state index in [4.69, 9.17) is 27.9 Å². The second-order valence-electron chi connectivity index (χ2n) is 6.65. The Morgan fingerprint density at radius 1 is 1.16 bits per heavy atom. The van der Waals surface area contributed by atoms with Gasteiger partial charge >= 0.3 is 0 Å². The lowest BCUT2D eigenvalue weighted by Gasteiger charge is -2.44. The van der Waals surface area contributed by atoms with Gasteiger partial charge < -0.3 is 9.64 Å². The number of anilines is 1. The standard InChI is InChI=1S/C18H17Cl2N3O2/c1-11-8-16(22-17(20)21-11)23-6-4-18(5-7-23)10-14(24)13-9-12(19)2-3-15(13)25-18/h2-3,8-9H,4-7,10H2,1H3. The lowest BCUT2D eigenvalue weighted by molar-refractivity contribution is 0.0231. The van der Waals surface area contributed by atoms with Crippen LogP contribution in [0.25, 0.3) is 0 Å². The minimum absolute atomic E-state index is 0.0955. The van der Waals surface area contributed by atoms with E-state index in [1.807, 2.05) is 13.0 Å². The van der Waals surface area contributed by atoms with Crippen LogP contribution < -0.4 is 9.64 Å². The number of piperidine rings is 1. The molecule has 0 amide bonds. The number of ketones is 1. The molecule has 7 heteroatoms. The van der Waals surface area contributed by atoms with Gasteiger partial charge in [0, 0.05) is 42.7 Å². The number of carbonyl (C=O) groups excluding carboxylic acids is 1. The number of ether oxygens (including phenoxy) is 1. The minimum atomic E-state index is -0.444. The number of nitrogens with zero attached hydrogens (tertiary/aromatic N) is 3. The molecule has 0 N–H and O–H groups in total. The highest BCUT2D eigenvalue weighted by Crippen LogP contribution is 2.40. The van der Waals surface area contributed by atoms with E-state index in [0.29, 0.717) is 22.8 Å². The van der Waals surface area contributed by atoms with Crippen molar-refractivity contribution in [1.29, 1.82) is 0 Å². The van der Waals surface area contributed by atoms with Crippen LogP contribution in [0.4, 0.5) is 5.82 Å². The first kappa shape index (κ1) is 16.6. The van der Waals surface area contributed by atoms with E-state index in [1.54, 1.807) is 18.2 Å². The molecule has 0 bridgehead atoms. The van der Waals surface area contributed by atoms with Crippen LogP contribution in [0.3, 0.4) is 0 Å². The van der Waals surface area contributed by atoms with Crippen LogP contribution in [0.15, 0.2) is 24.3 Å². The molecule has 1 fully saturated rings. The molecule has 130 valence electrons. The normalized spacial score (nSPS) is 18.8. The fourth-order valence-electron chi connectivity index (χ4n) is 3.57. The van der Waals surface area contributed by atoms with Gasteiger partial charge in [-0.05, 0) is 36.7 Å². The summed E-state index contributed by atoms with van der Waals surface area (Å²) < 4.78 is 6.25. The lowest BCUT2D eigenvalue weighted by Crippen LogP contribution is -2.51. The van der Waals surface area contributed by atoms with Crippen LogP contribution in [-0.2, 0) is 0 Å². The largest absolute Gasteiger partial charge is 0.486 e. The fraction of sp³-hybridized carbons (Fsp3) is 0.389. The molecule has 4 rings (SSSR count). The van der Waals surface area contributed by atoms with E-state index in [2.05, 4.69) is 14.9 Å². The van der Waals surface area contributed by atoms with E-state index in [1.165, 1.54) is 0 Å². The van der Waals surface area contributed by atoms with Crippen molar-refractivity contribution in [1.82, 2.24) is 9.97 Å². The van der Waals surface area contributed by atoms with Crippen molar-refractivity contribution in [2.24, 2.45) is 0 Å². The summed E-state index contributed by atoms with van der Waals surface area (Å²) in [5.74, 6) is 1.55. The summed E-state index contributed by atoms with van der Waals surface area (Å²) in [7, 11) is 0. The Bertz CT molecular complexity index is 828. The molecule has 5 nitrogen and oxygen atoms in total. The van der Waals surface area contributed by atoms with E-state index in [-0.39, 0.29) is 11.1 Å². The van der Waals surface area contributed by atoms with Gasteiger partial charge in [-0.1, -0.05) is 11.6 Å². The number of carbonyl (C=O) groups is 1. The smallest absolute Gasteiger partial charge is 0.224 e. The van der Waals surface area contributed by atoms with Crippen LogP contribution >= 0.6 is 23.2 Å². The average molecular weight is 378 g/mol. The zero-order valence-electron chi connectivity index (χ0n) is 13.8. The maximum Gasteiger partial charge on any atom is 0.224 e. The van der Waals surface area contributed by atoms with Crippen LogP contribution in [0.1, 0.15) is 35.3 Å². The highest BCUT2D eigenvalue weighted by atomic mass is 35.5. The number of halogens is 2. The number of rotatable bonds is 1. The van der Waals surface area contributed by atoms with E-state index in [0.717, 1.165) is 37.4 Å². The molecule has 0 unspecified atom stereocenters. The third kappa shape index (κ3) is 3.18. The second kappa shape index (κ2) is 6.15. The summed E-state index contributed by atoms with van der Waals surface area (Å²) in [6, 6.07) is 7.16. The van der Waals surface area contributed by atoms with Gasteiger partial charge in [0.1, 0.15) is 17.2 Å². The second-order valence-corrected chi connectivity index (χ2v) is 7.42. The zero-order chi connectivity index (χ0) is 17.6. The van der Waals surface area contributed by atoms with Crippen LogP contribution in [-0.4, -0.2) is 34.4 Å². The first-order valence-electron chi connectivity index (χ1n) is 8.22. The summed E-state index contributed by atoms with van der Waals surface area (Å²) in [4.78, 5) is 23.1. The van der Waals surface area contributed by atoms with E-state index < -0.39 is 5.60 Å². The molecule has 1 aromatic heterocycles. The zero-order valence-corrected chi connectivity index (χ0v) is 15.3. The van der Waals surface area contributed by atoms with Gasteiger partial charge in [-0.25, -0.2) is 9.97 Å². The molecular formula is C18H17Cl2N3O2. The van der Waals surface area contributed by atoms with Crippen molar-refractivity contribution >= 4 is 34.8 Å². The first-order valence-corrected chi connectivity index (χ1v) is 8.98. The molecule has 0 atom stereocenters. The predicted molar refractivity (Wildman–Crippen MR) is 97.0 cm³/mol. The van der Waals surface area contributed by atoms with Crippen molar-refractivity contribution in [3.05, 3.63) is 45.8 Å². The number of hydrogen-bond acceptors (Lipinski definition) is 5. The van der Waals surface area contributed by atoms with Crippen molar-refractivity contribution in [2.75, 3.05) is 18.0 Å². The third-order valence-electron chi connectivity index (χ3n) is 4.86. The maximum absolute atomic E-state index is 12.6. The van der Waals surface area contributed by atoms with Gasteiger partial charge in [0.25, 0.3) is 0 Å². The molecular weight excluding hydrogens is 361 g/mol. The Kier molecular flexibility index (Phi) is 4.08. The van der Waals surface area contributed by atoms with Gasteiger partial charge in [-0.15, -0.1) is 0 Å². The monoisotopic (exact) mass is 377 g/mol. The lowest BCUT2D eigenvalue weighted by atomic mass is 9.82. The third-order valence-corrected chi connectivity index (χ3v) is 5.27. The highest BCUT2D eigenvalue weighted by molar-refractivity contribution is 6.31. The molecule has 3 heterocycles.